The van der Waals surface area contributed by atoms with Crippen molar-refractivity contribution in [2.24, 2.45) is 0 Å². The maximum Gasteiger partial charge on any atom is 0.245 e. The van der Waals surface area contributed by atoms with Gasteiger partial charge in [0.25, 0.3) is 0 Å². The fourth-order valence-electron chi connectivity index (χ4n) is 4.49. The van der Waals surface area contributed by atoms with Crippen LogP contribution in [0.25, 0.3) is 0 Å². The van der Waals surface area contributed by atoms with Crippen molar-refractivity contribution < 1.29 is 19.1 Å². The lowest BCUT2D eigenvalue weighted by Crippen LogP contribution is -2.24. The minimum absolute atomic E-state index is 0.0453. The van der Waals surface area contributed by atoms with E-state index in [-0.39, 0.29) is 12.2 Å². The van der Waals surface area contributed by atoms with Gasteiger partial charge in [-0.3, -0.25) is 9.63 Å². The Morgan fingerprint density at radius 2 is 0.972 bits per heavy atom. The van der Waals surface area contributed by atoms with Crippen LogP contribution in [0.1, 0.15) is 162 Å². The van der Waals surface area contributed by atoms with E-state index in [9.17, 15) is 4.79 Å². The van der Waals surface area contributed by atoms with Crippen molar-refractivity contribution in [2.45, 2.75) is 168 Å². The smallest absolute Gasteiger partial charge is 0.245 e. The van der Waals surface area contributed by atoms with Crippen LogP contribution >= 0.6 is 0 Å². The number of rotatable bonds is 29. The van der Waals surface area contributed by atoms with E-state index in [4.69, 9.17) is 14.3 Å². The zero-order valence-corrected chi connectivity index (χ0v) is 24.8. The molecule has 36 heavy (non-hydrogen) atoms. The van der Waals surface area contributed by atoms with E-state index in [1.807, 2.05) is 0 Å². The lowest BCUT2D eigenvalue weighted by Gasteiger charge is -2.19. The number of carbonyl (C=O) groups is 1. The molecule has 216 valence electrons. The molecule has 0 aromatic rings. The third-order valence-electron chi connectivity index (χ3n) is 7.06. The molecule has 0 unspecified atom stereocenters. The highest BCUT2D eigenvalue weighted by Crippen LogP contribution is 2.15. The van der Waals surface area contributed by atoms with Crippen molar-refractivity contribution in [3.8, 4) is 0 Å². The van der Waals surface area contributed by atoms with Crippen molar-refractivity contribution in [3.05, 3.63) is 0 Å². The Morgan fingerprint density at radius 3 is 1.42 bits per heavy atom. The van der Waals surface area contributed by atoms with Crippen LogP contribution in [0.5, 0.6) is 0 Å². The first-order valence-corrected chi connectivity index (χ1v) is 15.7. The van der Waals surface area contributed by atoms with Gasteiger partial charge in [0, 0.05) is 26.7 Å². The highest BCUT2D eigenvalue weighted by molar-refractivity contribution is 5.74. The Kier molecular flexibility index (Phi) is 28.4. The lowest BCUT2D eigenvalue weighted by atomic mass is 10.1. The van der Waals surface area contributed by atoms with Crippen molar-refractivity contribution in [1.82, 2.24) is 5.06 Å². The number of hydrogen-bond acceptors (Lipinski definition) is 4. The molecule has 0 aliphatic heterocycles. The van der Waals surface area contributed by atoms with Crippen LogP contribution < -0.4 is 0 Å². The van der Waals surface area contributed by atoms with Gasteiger partial charge in [0.1, 0.15) is 0 Å². The van der Waals surface area contributed by atoms with Crippen LogP contribution in [-0.2, 0) is 19.1 Å². The SMILES string of the molecule is CCCCCCCCCCOC(CCCCCCCC(=O)N(C)OC)OCCCCCCCCCC. The van der Waals surface area contributed by atoms with Gasteiger partial charge in [0.2, 0.25) is 5.91 Å². The fraction of sp³-hybridized carbons (Fsp3) is 0.968. The first-order chi connectivity index (χ1) is 17.7. The zero-order valence-electron chi connectivity index (χ0n) is 24.8. The highest BCUT2D eigenvalue weighted by Gasteiger charge is 2.10. The Balaban J connectivity index is 3.97. The van der Waals surface area contributed by atoms with Gasteiger partial charge < -0.3 is 9.47 Å². The van der Waals surface area contributed by atoms with Gasteiger partial charge >= 0.3 is 0 Å². The van der Waals surface area contributed by atoms with Crippen LogP contribution in [0.15, 0.2) is 0 Å². The number of ether oxygens (including phenoxy) is 2. The number of hydroxylamine groups is 2. The molecule has 0 bridgehead atoms. The summed E-state index contributed by atoms with van der Waals surface area (Å²) in [7, 11) is 3.20. The van der Waals surface area contributed by atoms with E-state index in [2.05, 4.69) is 13.8 Å². The topological polar surface area (TPSA) is 48.0 Å². The molecular formula is C31H63NO4. The van der Waals surface area contributed by atoms with Crippen molar-refractivity contribution in [2.75, 3.05) is 27.4 Å². The van der Waals surface area contributed by atoms with Gasteiger partial charge in [0.15, 0.2) is 6.29 Å². The van der Waals surface area contributed by atoms with E-state index >= 15 is 0 Å². The molecule has 0 aliphatic carbocycles. The van der Waals surface area contributed by atoms with Gasteiger partial charge in [-0.15, -0.1) is 0 Å². The second kappa shape index (κ2) is 28.9. The van der Waals surface area contributed by atoms with Gasteiger partial charge in [-0.1, -0.05) is 123 Å². The Hall–Kier alpha value is -0.650. The maximum atomic E-state index is 11.8. The molecule has 0 spiro atoms. The van der Waals surface area contributed by atoms with Crippen LogP contribution in [0.4, 0.5) is 0 Å². The number of nitrogens with zero attached hydrogens (tertiary/aromatic N) is 1. The van der Waals surface area contributed by atoms with E-state index in [0.29, 0.717) is 6.42 Å². The predicted octanol–water partition coefficient (Wildman–Crippen LogP) is 9.38. The van der Waals surface area contributed by atoms with E-state index in [1.165, 1.54) is 108 Å². The highest BCUT2D eigenvalue weighted by atomic mass is 16.7. The second-order valence-corrected chi connectivity index (χ2v) is 10.5. The molecule has 0 saturated carbocycles. The molecular weight excluding hydrogens is 450 g/mol. The van der Waals surface area contributed by atoms with Crippen LogP contribution in [0.3, 0.4) is 0 Å². The summed E-state index contributed by atoms with van der Waals surface area (Å²) in [6.07, 6.45) is 28.2. The zero-order chi connectivity index (χ0) is 26.5. The molecule has 0 radical (unpaired) electrons. The van der Waals surface area contributed by atoms with E-state index in [1.54, 1.807) is 7.05 Å². The van der Waals surface area contributed by atoms with Crippen molar-refractivity contribution in [3.63, 3.8) is 0 Å². The minimum Gasteiger partial charge on any atom is -0.353 e. The lowest BCUT2D eigenvalue weighted by molar-refractivity contribution is -0.168. The third kappa shape index (κ3) is 25.0. The molecule has 0 aromatic heterocycles. The Labute approximate surface area is 225 Å². The Morgan fingerprint density at radius 1 is 0.583 bits per heavy atom. The molecule has 0 aromatic carbocycles. The summed E-state index contributed by atoms with van der Waals surface area (Å²) < 4.78 is 12.3. The second-order valence-electron chi connectivity index (χ2n) is 10.5. The largest absolute Gasteiger partial charge is 0.353 e. The van der Waals surface area contributed by atoms with Crippen LogP contribution in [0, 0.1) is 0 Å². The molecule has 0 aliphatic rings. The first-order valence-electron chi connectivity index (χ1n) is 15.7. The number of unbranched alkanes of at least 4 members (excludes halogenated alkanes) is 18. The van der Waals surface area contributed by atoms with Crippen LogP contribution in [0.2, 0.25) is 0 Å². The summed E-state index contributed by atoms with van der Waals surface area (Å²) in [5.41, 5.74) is 0. The first kappa shape index (κ1) is 35.4. The Bertz CT molecular complexity index is 424. The summed E-state index contributed by atoms with van der Waals surface area (Å²) in [5, 5.41) is 1.32. The summed E-state index contributed by atoms with van der Waals surface area (Å²) in [6.45, 7) is 6.20. The number of carbonyl (C=O) groups excluding carboxylic acids is 1. The fourth-order valence-corrected chi connectivity index (χ4v) is 4.49. The molecule has 0 fully saturated rings. The molecule has 0 N–H and O–H groups in total. The maximum absolute atomic E-state index is 11.8. The van der Waals surface area contributed by atoms with Crippen molar-refractivity contribution >= 4 is 5.91 Å². The number of hydrogen-bond donors (Lipinski definition) is 0. The standard InChI is InChI=1S/C31H63NO4/c1-5-7-9-11-13-15-20-24-28-35-31(36-29-25-21-16-14-12-10-8-6-2)27-23-19-17-18-22-26-30(33)32(3)34-4/h31H,5-29H2,1-4H3. The van der Waals surface area contributed by atoms with Crippen LogP contribution in [-0.4, -0.2) is 44.6 Å². The molecule has 0 heterocycles. The van der Waals surface area contributed by atoms with E-state index in [0.717, 1.165) is 58.2 Å². The normalized spacial score (nSPS) is 11.5. The average molecular weight is 514 g/mol. The van der Waals surface area contributed by atoms with E-state index < -0.39 is 0 Å². The van der Waals surface area contributed by atoms with Gasteiger partial charge in [-0.2, -0.15) is 0 Å². The molecule has 5 heteroatoms. The van der Waals surface area contributed by atoms with Gasteiger partial charge in [0.05, 0.1) is 7.11 Å². The van der Waals surface area contributed by atoms with Gasteiger partial charge in [-0.05, 0) is 32.1 Å². The quantitative estimate of drug-likeness (QED) is 0.0568. The molecule has 0 saturated heterocycles. The average Bonchev–Trinajstić information content (AvgIpc) is 2.89. The summed E-state index contributed by atoms with van der Waals surface area (Å²) in [5.74, 6) is 0.0567. The molecule has 5 nitrogen and oxygen atoms in total. The van der Waals surface area contributed by atoms with Crippen molar-refractivity contribution in [1.29, 1.82) is 0 Å². The monoisotopic (exact) mass is 513 g/mol. The minimum atomic E-state index is -0.0453. The predicted molar refractivity (Wildman–Crippen MR) is 153 cm³/mol. The molecule has 1 amide bonds. The molecule has 0 atom stereocenters. The summed E-state index contributed by atoms with van der Waals surface area (Å²) in [6, 6.07) is 0. The third-order valence-corrected chi connectivity index (χ3v) is 7.06. The summed E-state index contributed by atoms with van der Waals surface area (Å²) in [4.78, 5) is 16.7. The summed E-state index contributed by atoms with van der Waals surface area (Å²) >= 11 is 0. The molecule has 0 rings (SSSR count). The number of amides is 1. The van der Waals surface area contributed by atoms with Gasteiger partial charge in [-0.25, -0.2) is 5.06 Å².